The summed E-state index contributed by atoms with van der Waals surface area (Å²) in [7, 11) is -3.58. The zero-order valence-corrected chi connectivity index (χ0v) is 10.8. The number of sulfonamides is 1. The van der Waals surface area contributed by atoms with E-state index < -0.39 is 10.0 Å². The third-order valence-corrected chi connectivity index (χ3v) is 5.01. The minimum absolute atomic E-state index is 0.0359. The van der Waals surface area contributed by atoms with E-state index in [1.54, 1.807) is 6.92 Å². The Bertz CT molecular complexity index is 505. The molecule has 1 aromatic rings. The maximum atomic E-state index is 12.4. The summed E-state index contributed by atoms with van der Waals surface area (Å²) < 4.78 is 26.2. The second-order valence-corrected chi connectivity index (χ2v) is 6.04. The van der Waals surface area contributed by atoms with Gasteiger partial charge in [-0.2, -0.15) is 9.40 Å². The van der Waals surface area contributed by atoms with Crippen molar-refractivity contribution in [3.8, 4) is 0 Å². The Balaban J connectivity index is 2.43. The highest BCUT2D eigenvalue weighted by atomic mass is 32.2. The van der Waals surface area contributed by atoms with Crippen molar-refractivity contribution in [3.63, 3.8) is 0 Å². The van der Waals surface area contributed by atoms with Crippen LogP contribution in [0, 0.1) is 6.92 Å². The van der Waals surface area contributed by atoms with E-state index in [0.717, 1.165) is 12.8 Å². The van der Waals surface area contributed by atoms with Crippen LogP contribution < -0.4 is 0 Å². The van der Waals surface area contributed by atoms with E-state index in [0.29, 0.717) is 17.8 Å². The minimum Gasteiger partial charge on any atom is -0.392 e. The van der Waals surface area contributed by atoms with Gasteiger partial charge in [0.2, 0.25) is 0 Å². The summed E-state index contributed by atoms with van der Waals surface area (Å²) in [5, 5.41) is 15.6. The number of aliphatic hydroxyl groups excluding tert-OH is 1. The highest BCUT2D eigenvalue weighted by molar-refractivity contribution is 7.89. The molecular weight excluding hydrogens is 242 g/mol. The molecule has 17 heavy (non-hydrogen) atoms. The number of hydrogen-bond acceptors (Lipinski definition) is 4. The van der Waals surface area contributed by atoms with Crippen molar-refractivity contribution in [2.75, 3.05) is 6.54 Å². The van der Waals surface area contributed by atoms with Gasteiger partial charge in [-0.3, -0.25) is 5.10 Å². The average Bonchev–Trinajstić information content (AvgIpc) is 3.01. The molecule has 0 aromatic carbocycles. The van der Waals surface area contributed by atoms with Crippen molar-refractivity contribution in [2.45, 2.75) is 44.4 Å². The predicted molar refractivity (Wildman–Crippen MR) is 61.8 cm³/mol. The van der Waals surface area contributed by atoms with E-state index in [4.69, 9.17) is 0 Å². The third kappa shape index (κ3) is 2.10. The van der Waals surface area contributed by atoms with Crippen LogP contribution in [0.5, 0.6) is 0 Å². The van der Waals surface area contributed by atoms with Gasteiger partial charge in [-0.05, 0) is 19.8 Å². The predicted octanol–water partition coefficient (Wildman–Crippen LogP) is 0.383. The number of hydrogen-bond donors (Lipinski definition) is 2. The highest BCUT2D eigenvalue weighted by Crippen LogP contribution is 2.32. The first-order valence-electron chi connectivity index (χ1n) is 5.69. The summed E-state index contributed by atoms with van der Waals surface area (Å²) in [5.74, 6) is 0. The van der Waals surface area contributed by atoms with Gasteiger partial charge in [0, 0.05) is 23.8 Å². The Morgan fingerprint density at radius 2 is 2.18 bits per heavy atom. The van der Waals surface area contributed by atoms with Crippen LogP contribution >= 0.6 is 0 Å². The molecule has 1 aromatic heterocycles. The zero-order chi connectivity index (χ0) is 12.6. The topological polar surface area (TPSA) is 86.3 Å². The Morgan fingerprint density at radius 3 is 2.65 bits per heavy atom. The van der Waals surface area contributed by atoms with Crippen LogP contribution in [0.2, 0.25) is 0 Å². The van der Waals surface area contributed by atoms with Gasteiger partial charge in [0.15, 0.2) is 5.03 Å². The lowest BCUT2D eigenvalue weighted by Crippen LogP contribution is -2.33. The van der Waals surface area contributed by atoms with Gasteiger partial charge in [-0.15, -0.1) is 0 Å². The molecule has 96 valence electrons. The van der Waals surface area contributed by atoms with Crippen molar-refractivity contribution in [3.05, 3.63) is 11.3 Å². The summed E-state index contributed by atoms with van der Waals surface area (Å²) in [4.78, 5) is 0. The molecule has 0 saturated heterocycles. The van der Waals surface area contributed by atoms with Crippen LogP contribution in [0.25, 0.3) is 0 Å². The van der Waals surface area contributed by atoms with E-state index in [1.165, 1.54) is 4.31 Å². The smallest absolute Gasteiger partial charge is 0.262 e. The monoisotopic (exact) mass is 259 g/mol. The lowest BCUT2D eigenvalue weighted by molar-refractivity contribution is 0.277. The van der Waals surface area contributed by atoms with Crippen molar-refractivity contribution in [2.24, 2.45) is 0 Å². The molecular formula is C10H17N3O3S. The molecule has 1 aliphatic carbocycles. The number of rotatable bonds is 5. The van der Waals surface area contributed by atoms with Gasteiger partial charge in [0.1, 0.15) is 0 Å². The second kappa shape index (κ2) is 4.40. The molecule has 2 N–H and O–H groups in total. The SMILES string of the molecule is CCN(C1CC1)S(=O)(=O)c1n[nH]c(C)c1CO. The van der Waals surface area contributed by atoms with E-state index in [2.05, 4.69) is 10.2 Å². The van der Waals surface area contributed by atoms with Crippen molar-refractivity contribution >= 4 is 10.0 Å². The first-order chi connectivity index (χ1) is 8.02. The summed E-state index contributed by atoms with van der Waals surface area (Å²) in [6, 6.07) is 0.105. The first kappa shape index (κ1) is 12.5. The number of H-pyrrole nitrogens is 1. The Morgan fingerprint density at radius 1 is 1.53 bits per heavy atom. The standard InChI is InChI=1S/C10H17N3O3S/c1-3-13(8-4-5-8)17(15,16)10-9(6-14)7(2)11-12-10/h8,14H,3-6H2,1-2H3,(H,11,12). The lowest BCUT2D eigenvalue weighted by Gasteiger charge is -2.18. The largest absolute Gasteiger partial charge is 0.392 e. The zero-order valence-electron chi connectivity index (χ0n) is 9.97. The van der Waals surface area contributed by atoms with Gasteiger partial charge in [-0.1, -0.05) is 6.92 Å². The fraction of sp³-hybridized carbons (Fsp3) is 0.700. The molecule has 1 aliphatic rings. The van der Waals surface area contributed by atoms with Crippen LogP contribution in [-0.2, 0) is 16.6 Å². The maximum Gasteiger partial charge on any atom is 0.262 e. The van der Waals surface area contributed by atoms with Gasteiger partial charge in [0.25, 0.3) is 10.0 Å². The van der Waals surface area contributed by atoms with Gasteiger partial charge >= 0.3 is 0 Å². The van der Waals surface area contributed by atoms with E-state index >= 15 is 0 Å². The number of aromatic nitrogens is 2. The molecule has 6 nitrogen and oxygen atoms in total. The van der Waals surface area contributed by atoms with Crippen LogP contribution in [0.15, 0.2) is 5.03 Å². The number of aliphatic hydroxyl groups is 1. The molecule has 0 atom stereocenters. The van der Waals surface area contributed by atoms with E-state index in [-0.39, 0.29) is 17.7 Å². The van der Waals surface area contributed by atoms with E-state index in [9.17, 15) is 13.5 Å². The molecule has 0 bridgehead atoms. The van der Waals surface area contributed by atoms with E-state index in [1.807, 2.05) is 6.92 Å². The Labute approximate surface area is 101 Å². The third-order valence-electron chi connectivity index (χ3n) is 3.01. The van der Waals surface area contributed by atoms with Crippen molar-refractivity contribution < 1.29 is 13.5 Å². The van der Waals surface area contributed by atoms with Gasteiger partial charge < -0.3 is 5.11 Å². The molecule has 2 rings (SSSR count). The first-order valence-corrected chi connectivity index (χ1v) is 7.13. The summed E-state index contributed by atoms with van der Waals surface area (Å²) >= 11 is 0. The fourth-order valence-corrected chi connectivity index (χ4v) is 3.78. The summed E-state index contributed by atoms with van der Waals surface area (Å²) in [6.45, 7) is 3.63. The molecule has 1 fully saturated rings. The van der Waals surface area contributed by atoms with Crippen molar-refractivity contribution in [1.29, 1.82) is 0 Å². The molecule has 0 spiro atoms. The molecule has 1 heterocycles. The molecule has 7 heteroatoms. The average molecular weight is 259 g/mol. The summed E-state index contributed by atoms with van der Waals surface area (Å²) in [5.41, 5.74) is 0.960. The highest BCUT2D eigenvalue weighted by Gasteiger charge is 2.39. The van der Waals surface area contributed by atoms with Crippen molar-refractivity contribution in [1.82, 2.24) is 14.5 Å². The second-order valence-electron chi connectivity index (χ2n) is 4.23. The van der Waals surface area contributed by atoms with Crippen LogP contribution in [0.4, 0.5) is 0 Å². The van der Waals surface area contributed by atoms with Gasteiger partial charge in [0.05, 0.1) is 6.61 Å². The van der Waals surface area contributed by atoms with Crippen LogP contribution in [0.1, 0.15) is 31.0 Å². The van der Waals surface area contributed by atoms with Crippen LogP contribution in [-0.4, -0.2) is 40.6 Å². The number of aromatic amines is 1. The Kier molecular flexibility index (Phi) is 3.24. The molecule has 1 saturated carbocycles. The Hall–Kier alpha value is -0.920. The number of nitrogens with one attached hydrogen (secondary N) is 1. The molecule has 0 unspecified atom stereocenters. The number of aryl methyl sites for hydroxylation is 1. The number of nitrogens with zero attached hydrogens (tertiary/aromatic N) is 2. The lowest BCUT2D eigenvalue weighted by atomic mass is 10.3. The molecule has 0 radical (unpaired) electrons. The van der Waals surface area contributed by atoms with Gasteiger partial charge in [-0.25, -0.2) is 8.42 Å². The minimum atomic E-state index is -3.58. The fourth-order valence-electron chi connectivity index (χ4n) is 1.93. The quantitative estimate of drug-likeness (QED) is 0.800. The normalized spacial score (nSPS) is 16.7. The molecule has 0 aliphatic heterocycles. The maximum absolute atomic E-state index is 12.4. The molecule has 0 amide bonds. The summed E-state index contributed by atoms with van der Waals surface area (Å²) in [6.07, 6.45) is 1.82. The van der Waals surface area contributed by atoms with Crippen LogP contribution in [0.3, 0.4) is 0 Å².